The van der Waals surface area contributed by atoms with Crippen LogP contribution in [0, 0.1) is 0 Å². The minimum absolute atomic E-state index is 0.193. The lowest BCUT2D eigenvalue weighted by Gasteiger charge is -2.05. The summed E-state index contributed by atoms with van der Waals surface area (Å²) in [5.74, 6) is -1.07. The van der Waals surface area contributed by atoms with E-state index in [0.717, 1.165) is 9.88 Å². The van der Waals surface area contributed by atoms with Crippen LogP contribution in [0.2, 0.25) is 5.02 Å². The third-order valence-electron chi connectivity index (χ3n) is 2.89. The molecule has 1 aromatic carbocycles. The van der Waals surface area contributed by atoms with E-state index >= 15 is 0 Å². The molecule has 8 heteroatoms. The number of rotatable bonds is 5. The van der Waals surface area contributed by atoms with Crippen LogP contribution in [0.1, 0.15) is 10.5 Å². The predicted octanol–water partition coefficient (Wildman–Crippen LogP) is 4.32. The van der Waals surface area contributed by atoms with Gasteiger partial charge in [-0.2, -0.15) is 0 Å². The van der Waals surface area contributed by atoms with Crippen molar-refractivity contribution in [3.05, 3.63) is 57.9 Å². The van der Waals surface area contributed by atoms with Gasteiger partial charge < -0.3 is 10.1 Å². The number of ether oxygens (including phenoxy) is 1. The van der Waals surface area contributed by atoms with E-state index in [2.05, 4.69) is 10.3 Å². The van der Waals surface area contributed by atoms with Crippen LogP contribution < -0.4 is 5.32 Å². The largest absolute Gasteiger partial charge is 0.451 e. The Bertz CT molecular complexity index is 862. The summed E-state index contributed by atoms with van der Waals surface area (Å²) in [5, 5.41) is 7.42. The number of nitrogens with one attached hydrogen (secondary N) is 1. The van der Waals surface area contributed by atoms with Gasteiger partial charge in [-0.25, -0.2) is 9.78 Å². The Morgan fingerprint density at radius 2 is 2.08 bits per heavy atom. The van der Waals surface area contributed by atoms with Crippen LogP contribution in [0.4, 0.5) is 5.69 Å². The summed E-state index contributed by atoms with van der Waals surface area (Å²) in [6, 6.07) is 10.6. The molecule has 122 valence electrons. The zero-order valence-electron chi connectivity index (χ0n) is 12.2. The molecule has 0 aliphatic rings. The number of amides is 1. The molecular formula is C16H11ClN2O3S2. The highest BCUT2D eigenvalue weighted by molar-refractivity contribution is 7.20. The first-order valence-electron chi connectivity index (χ1n) is 6.84. The number of carbonyl (C=O) groups excluding carboxylic acids is 2. The molecule has 2 aromatic heterocycles. The van der Waals surface area contributed by atoms with Gasteiger partial charge in [-0.1, -0.05) is 23.7 Å². The molecule has 24 heavy (non-hydrogen) atoms. The smallest absolute Gasteiger partial charge is 0.358 e. The molecule has 0 fully saturated rings. The molecule has 3 rings (SSSR count). The van der Waals surface area contributed by atoms with E-state index in [1.54, 1.807) is 41.0 Å². The van der Waals surface area contributed by atoms with Crippen LogP contribution >= 0.6 is 34.3 Å². The zero-order valence-corrected chi connectivity index (χ0v) is 14.6. The predicted molar refractivity (Wildman–Crippen MR) is 95.8 cm³/mol. The van der Waals surface area contributed by atoms with E-state index in [1.165, 1.54) is 11.3 Å². The Morgan fingerprint density at radius 3 is 2.83 bits per heavy atom. The van der Waals surface area contributed by atoms with Crippen molar-refractivity contribution in [3.63, 3.8) is 0 Å². The van der Waals surface area contributed by atoms with Crippen molar-refractivity contribution in [2.75, 3.05) is 11.9 Å². The van der Waals surface area contributed by atoms with Crippen LogP contribution in [0.25, 0.3) is 9.88 Å². The summed E-state index contributed by atoms with van der Waals surface area (Å²) in [4.78, 5) is 29.0. The fourth-order valence-corrected chi connectivity index (χ4v) is 3.64. The number of thiophene rings is 1. The Kier molecular flexibility index (Phi) is 5.24. The molecule has 0 saturated heterocycles. The maximum absolute atomic E-state index is 12.0. The van der Waals surface area contributed by atoms with Gasteiger partial charge in [0.05, 0.1) is 4.88 Å². The van der Waals surface area contributed by atoms with Gasteiger partial charge in [-0.15, -0.1) is 22.7 Å². The summed E-state index contributed by atoms with van der Waals surface area (Å²) in [6.45, 7) is -0.392. The Labute approximate surface area is 150 Å². The molecule has 5 nitrogen and oxygen atoms in total. The van der Waals surface area contributed by atoms with E-state index in [1.807, 2.05) is 17.5 Å². The van der Waals surface area contributed by atoms with Gasteiger partial charge in [0.1, 0.15) is 5.01 Å². The minimum atomic E-state index is -0.629. The molecule has 0 saturated carbocycles. The number of hydrogen-bond donors (Lipinski definition) is 1. The number of thiazole rings is 1. The molecule has 0 bridgehead atoms. The second-order valence-electron chi connectivity index (χ2n) is 4.65. The average Bonchev–Trinajstić information content (AvgIpc) is 3.23. The van der Waals surface area contributed by atoms with Gasteiger partial charge in [-0.3, -0.25) is 4.79 Å². The first kappa shape index (κ1) is 16.6. The van der Waals surface area contributed by atoms with Gasteiger partial charge in [0.2, 0.25) is 0 Å². The molecule has 0 aliphatic heterocycles. The number of hydrogen-bond acceptors (Lipinski definition) is 6. The number of anilines is 1. The number of esters is 1. The SMILES string of the molecule is O=C(COC(=O)c1csc(-c2cccs2)n1)Nc1cccc(Cl)c1. The number of halogens is 1. The Morgan fingerprint density at radius 1 is 1.21 bits per heavy atom. The summed E-state index contributed by atoms with van der Waals surface area (Å²) < 4.78 is 4.99. The fraction of sp³-hybridized carbons (Fsp3) is 0.0625. The van der Waals surface area contributed by atoms with Crippen molar-refractivity contribution in [2.45, 2.75) is 0 Å². The molecular weight excluding hydrogens is 368 g/mol. The van der Waals surface area contributed by atoms with Crippen LogP contribution in [0.5, 0.6) is 0 Å². The van der Waals surface area contributed by atoms with E-state index < -0.39 is 18.5 Å². The maximum Gasteiger partial charge on any atom is 0.358 e. The first-order valence-corrected chi connectivity index (χ1v) is 8.97. The third-order valence-corrected chi connectivity index (χ3v) is 5.00. The summed E-state index contributed by atoms with van der Waals surface area (Å²) in [5.41, 5.74) is 0.733. The van der Waals surface area contributed by atoms with Crippen LogP contribution in [-0.2, 0) is 9.53 Å². The molecule has 1 amide bonds. The van der Waals surface area contributed by atoms with Crippen LogP contribution in [0.15, 0.2) is 47.2 Å². The number of aromatic nitrogens is 1. The molecule has 0 spiro atoms. The average molecular weight is 379 g/mol. The first-order chi connectivity index (χ1) is 11.6. The van der Waals surface area contributed by atoms with Gasteiger partial charge in [-0.05, 0) is 29.6 Å². The van der Waals surface area contributed by atoms with E-state index in [9.17, 15) is 9.59 Å². The fourth-order valence-electron chi connectivity index (χ4n) is 1.85. The zero-order chi connectivity index (χ0) is 16.9. The van der Waals surface area contributed by atoms with E-state index in [4.69, 9.17) is 16.3 Å². The molecule has 0 radical (unpaired) electrons. The standard InChI is InChI=1S/C16H11ClN2O3S2/c17-10-3-1-4-11(7-10)18-14(20)8-22-16(21)12-9-24-15(19-12)13-5-2-6-23-13/h1-7,9H,8H2,(H,18,20). The van der Waals surface area contributed by atoms with Crippen molar-refractivity contribution >= 4 is 51.8 Å². The maximum atomic E-state index is 12.0. The van der Waals surface area contributed by atoms with E-state index in [-0.39, 0.29) is 5.69 Å². The van der Waals surface area contributed by atoms with E-state index in [0.29, 0.717) is 10.7 Å². The number of carbonyl (C=O) groups is 2. The highest BCUT2D eigenvalue weighted by Crippen LogP contribution is 2.27. The normalized spacial score (nSPS) is 10.4. The van der Waals surface area contributed by atoms with Crippen molar-refractivity contribution in [3.8, 4) is 9.88 Å². The van der Waals surface area contributed by atoms with Crippen LogP contribution in [-0.4, -0.2) is 23.5 Å². The number of nitrogens with zero attached hydrogens (tertiary/aromatic N) is 1. The van der Waals surface area contributed by atoms with Gasteiger partial charge in [0.25, 0.3) is 5.91 Å². The van der Waals surface area contributed by atoms with Gasteiger partial charge in [0.15, 0.2) is 12.3 Å². The third kappa shape index (κ3) is 4.19. The van der Waals surface area contributed by atoms with Gasteiger partial charge >= 0.3 is 5.97 Å². The monoisotopic (exact) mass is 378 g/mol. The lowest BCUT2D eigenvalue weighted by molar-refractivity contribution is -0.119. The summed E-state index contributed by atoms with van der Waals surface area (Å²) in [7, 11) is 0. The molecule has 0 unspecified atom stereocenters. The van der Waals surface area contributed by atoms with Gasteiger partial charge in [0, 0.05) is 16.1 Å². The second-order valence-corrected chi connectivity index (χ2v) is 6.89. The lowest BCUT2D eigenvalue weighted by atomic mass is 10.3. The molecule has 0 atom stereocenters. The highest BCUT2D eigenvalue weighted by Gasteiger charge is 2.15. The lowest BCUT2D eigenvalue weighted by Crippen LogP contribution is -2.21. The topological polar surface area (TPSA) is 68.3 Å². The molecule has 2 heterocycles. The van der Waals surface area contributed by atoms with Crippen LogP contribution in [0.3, 0.4) is 0 Å². The molecule has 0 aliphatic carbocycles. The quantitative estimate of drug-likeness (QED) is 0.671. The van der Waals surface area contributed by atoms with Crippen molar-refractivity contribution in [2.24, 2.45) is 0 Å². The summed E-state index contributed by atoms with van der Waals surface area (Å²) in [6.07, 6.45) is 0. The highest BCUT2D eigenvalue weighted by atomic mass is 35.5. The number of benzene rings is 1. The molecule has 1 N–H and O–H groups in total. The van der Waals surface area contributed by atoms with Crippen molar-refractivity contribution in [1.29, 1.82) is 0 Å². The van der Waals surface area contributed by atoms with Crippen molar-refractivity contribution < 1.29 is 14.3 Å². The summed E-state index contributed by atoms with van der Waals surface area (Å²) >= 11 is 8.74. The van der Waals surface area contributed by atoms with Crippen molar-refractivity contribution in [1.82, 2.24) is 4.98 Å². The Hall–Kier alpha value is -2.22. The Balaban J connectivity index is 1.54. The molecule has 3 aromatic rings. The second kappa shape index (κ2) is 7.57. The minimum Gasteiger partial charge on any atom is -0.451 e.